The van der Waals surface area contributed by atoms with Gasteiger partial charge >= 0.3 is 0 Å². The monoisotopic (exact) mass is 454 g/mol. The molecule has 0 bridgehead atoms. The smallest absolute Gasteiger partial charge is 0.266 e. The first-order chi connectivity index (χ1) is 15.9. The van der Waals surface area contributed by atoms with Crippen LogP contribution in [0, 0.1) is 5.82 Å². The zero-order valence-electron chi connectivity index (χ0n) is 17.6. The first-order valence-electron chi connectivity index (χ1n) is 10.7. The number of carbonyl (C=O) groups is 1. The quantitative estimate of drug-likeness (QED) is 0.629. The summed E-state index contributed by atoms with van der Waals surface area (Å²) in [5.74, 6) is -3.19. The zero-order valence-corrected chi connectivity index (χ0v) is 17.6. The van der Waals surface area contributed by atoms with Crippen LogP contribution in [0.15, 0.2) is 48.9 Å². The average Bonchev–Trinajstić information content (AvgIpc) is 3.13. The first-order valence-corrected chi connectivity index (χ1v) is 10.7. The number of halogens is 3. The molecule has 0 atom stereocenters. The molecular weight excluding hydrogens is 433 g/mol. The number of aromatic nitrogens is 3. The molecule has 33 heavy (non-hydrogen) atoms. The van der Waals surface area contributed by atoms with Crippen LogP contribution in [0.2, 0.25) is 0 Å². The molecule has 2 aliphatic heterocycles. The van der Waals surface area contributed by atoms with Gasteiger partial charge in [-0.25, -0.2) is 28.1 Å². The van der Waals surface area contributed by atoms with Crippen molar-refractivity contribution in [1.82, 2.24) is 15.0 Å². The minimum atomic E-state index is -2.86. The number of hydrogen-bond donors (Lipinski definition) is 1. The Morgan fingerprint density at radius 3 is 2.36 bits per heavy atom. The lowest BCUT2D eigenvalue weighted by atomic mass is 10.0. The number of anilines is 3. The van der Waals surface area contributed by atoms with E-state index in [0.717, 1.165) is 19.5 Å². The van der Waals surface area contributed by atoms with E-state index in [1.54, 1.807) is 24.3 Å². The van der Waals surface area contributed by atoms with Gasteiger partial charge in [-0.3, -0.25) is 4.79 Å². The molecule has 2 aliphatic rings. The summed E-state index contributed by atoms with van der Waals surface area (Å²) in [5.41, 5.74) is 0.934. The van der Waals surface area contributed by atoms with Gasteiger partial charge in [-0.1, -0.05) is 18.2 Å². The second-order valence-corrected chi connectivity index (χ2v) is 8.13. The van der Waals surface area contributed by atoms with Crippen molar-refractivity contribution >= 4 is 23.4 Å². The van der Waals surface area contributed by atoms with Crippen LogP contribution in [0.1, 0.15) is 23.2 Å². The molecule has 0 saturated carbocycles. The molecule has 3 aromatic rings. The number of nitrogens with one attached hydrogen (secondary N) is 1. The lowest BCUT2D eigenvalue weighted by Crippen LogP contribution is -2.38. The molecular formula is C23H21F3N6O. The molecule has 0 unspecified atom stereocenters. The fourth-order valence-corrected chi connectivity index (χ4v) is 3.94. The predicted molar refractivity (Wildman–Crippen MR) is 118 cm³/mol. The first kappa shape index (κ1) is 21.2. The Kier molecular flexibility index (Phi) is 5.35. The van der Waals surface area contributed by atoms with Crippen LogP contribution in [0.5, 0.6) is 0 Å². The minimum absolute atomic E-state index is 0.0667. The van der Waals surface area contributed by atoms with Crippen molar-refractivity contribution in [3.05, 3.63) is 60.3 Å². The Labute approximate surface area is 188 Å². The zero-order chi connectivity index (χ0) is 23.0. The third-order valence-electron chi connectivity index (χ3n) is 5.84. The van der Waals surface area contributed by atoms with Gasteiger partial charge in [0.25, 0.3) is 11.8 Å². The summed E-state index contributed by atoms with van der Waals surface area (Å²) in [6, 6.07) is 7.63. The highest BCUT2D eigenvalue weighted by atomic mass is 19.3. The second-order valence-electron chi connectivity index (χ2n) is 8.13. The van der Waals surface area contributed by atoms with Crippen molar-refractivity contribution in [1.29, 1.82) is 0 Å². The van der Waals surface area contributed by atoms with E-state index in [1.807, 2.05) is 4.90 Å². The van der Waals surface area contributed by atoms with E-state index in [2.05, 4.69) is 20.3 Å². The number of rotatable bonds is 5. The molecule has 1 aromatic carbocycles. The van der Waals surface area contributed by atoms with E-state index in [4.69, 9.17) is 0 Å². The maximum atomic E-state index is 14.6. The molecule has 2 saturated heterocycles. The van der Waals surface area contributed by atoms with E-state index in [-0.39, 0.29) is 35.6 Å². The molecule has 0 spiro atoms. The number of carbonyl (C=O) groups excluding carboxylic acids is 1. The summed E-state index contributed by atoms with van der Waals surface area (Å²) in [6.07, 6.45) is 5.01. The molecule has 10 heteroatoms. The van der Waals surface area contributed by atoms with Gasteiger partial charge in [0, 0.05) is 55.8 Å². The fourth-order valence-electron chi connectivity index (χ4n) is 3.94. The van der Waals surface area contributed by atoms with E-state index in [9.17, 15) is 18.0 Å². The maximum absolute atomic E-state index is 14.6. The van der Waals surface area contributed by atoms with E-state index in [0.29, 0.717) is 11.5 Å². The Hall–Kier alpha value is -3.69. The Bertz CT molecular complexity index is 1180. The van der Waals surface area contributed by atoms with E-state index >= 15 is 0 Å². The van der Waals surface area contributed by atoms with Gasteiger partial charge in [0.15, 0.2) is 5.82 Å². The topological polar surface area (TPSA) is 74.2 Å². The van der Waals surface area contributed by atoms with Crippen LogP contribution in [0.3, 0.4) is 0 Å². The van der Waals surface area contributed by atoms with Crippen LogP contribution in [0.25, 0.3) is 11.1 Å². The number of pyridine rings is 1. The number of nitrogens with zero attached hydrogens (tertiary/aromatic N) is 5. The molecule has 0 aliphatic carbocycles. The van der Waals surface area contributed by atoms with Crippen LogP contribution in [-0.4, -0.2) is 53.0 Å². The number of hydrogen-bond acceptors (Lipinski definition) is 6. The average molecular weight is 454 g/mol. The van der Waals surface area contributed by atoms with Gasteiger partial charge in [0.1, 0.15) is 5.82 Å². The Morgan fingerprint density at radius 2 is 1.73 bits per heavy atom. The maximum Gasteiger partial charge on any atom is 0.266 e. The van der Waals surface area contributed by atoms with Gasteiger partial charge in [-0.05, 0) is 18.6 Å². The van der Waals surface area contributed by atoms with Crippen molar-refractivity contribution in [2.45, 2.75) is 18.8 Å². The van der Waals surface area contributed by atoms with Crippen molar-refractivity contribution in [3.63, 3.8) is 0 Å². The molecule has 1 amide bonds. The summed E-state index contributed by atoms with van der Waals surface area (Å²) in [5, 5.41) is 2.75. The van der Waals surface area contributed by atoms with Crippen molar-refractivity contribution in [2.75, 3.05) is 41.3 Å². The lowest BCUT2D eigenvalue weighted by molar-refractivity contribution is 0.0257. The third kappa shape index (κ3) is 4.20. The molecule has 7 nitrogen and oxygen atoms in total. The summed E-state index contributed by atoms with van der Waals surface area (Å²) in [6.45, 7) is 1.28. The highest BCUT2D eigenvalue weighted by molar-refractivity contribution is 6.08. The van der Waals surface area contributed by atoms with Crippen molar-refractivity contribution in [3.8, 4) is 11.1 Å². The van der Waals surface area contributed by atoms with Gasteiger partial charge in [-0.15, -0.1) is 0 Å². The van der Waals surface area contributed by atoms with Gasteiger partial charge in [0.2, 0.25) is 5.95 Å². The van der Waals surface area contributed by atoms with Crippen LogP contribution < -0.4 is 15.1 Å². The molecule has 0 radical (unpaired) electrons. The minimum Gasteiger partial charge on any atom is -0.349 e. The van der Waals surface area contributed by atoms with E-state index < -0.39 is 24.2 Å². The molecule has 4 heterocycles. The number of benzene rings is 1. The predicted octanol–water partition coefficient (Wildman–Crippen LogP) is 3.99. The number of alkyl halides is 2. The molecule has 2 fully saturated rings. The number of amides is 1. The molecule has 2 aromatic heterocycles. The van der Waals surface area contributed by atoms with Gasteiger partial charge in [0.05, 0.1) is 17.8 Å². The van der Waals surface area contributed by atoms with E-state index in [1.165, 1.54) is 29.6 Å². The summed E-state index contributed by atoms with van der Waals surface area (Å²) < 4.78 is 42.5. The second kappa shape index (κ2) is 8.34. The third-order valence-corrected chi connectivity index (χ3v) is 5.84. The summed E-state index contributed by atoms with van der Waals surface area (Å²) in [7, 11) is 0. The summed E-state index contributed by atoms with van der Waals surface area (Å²) >= 11 is 0. The standard InChI is InChI=1S/C23H21F3N6O/c24-18-5-2-1-4-16(18)17-6-8-27-20(32-11-7-23(25,26)14-32)19(17)30-21(33)15-12-28-22(29-13-15)31-9-3-10-31/h1-2,4-6,8,12-13H,3,7,9-11,14H2,(H,30,33). The Morgan fingerprint density at radius 1 is 0.970 bits per heavy atom. The van der Waals surface area contributed by atoms with Crippen molar-refractivity contribution < 1.29 is 18.0 Å². The molecule has 170 valence electrons. The highest BCUT2D eigenvalue weighted by Crippen LogP contribution is 2.39. The van der Waals surface area contributed by atoms with Crippen molar-refractivity contribution in [2.24, 2.45) is 0 Å². The summed E-state index contributed by atoms with van der Waals surface area (Å²) in [4.78, 5) is 29.2. The van der Waals surface area contributed by atoms with Crippen LogP contribution in [-0.2, 0) is 0 Å². The molecule has 1 N–H and O–H groups in total. The SMILES string of the molecule is O=C(Nc1c(-c2ccccc2F)ccnc1N1CCC(F)(F)C1)c1cnc(N2CCC2)nc1. The fraction of sp³-hybridized carbons (Fsp3) is 0.304. The largest absolute Gasteiger partial charge is 0.349 e. The van der Waals surface area contributed by atoms with Gasteiger partial charge < -0.3 is 15.1 Å². The lowest BCUT2D eigenvalue weighted by Gasteiger charge is -2.30. The highest BCUT2D eigenvalue weighted by Gasteiger charge is 2.40. The van der Waals surface area contributed by atoms with Crippen LogP contribution in [0.4, 0.5) is 30.6 Å². The van der Waals surface area contributed by atoms with Gasteiger partial charge in [-0.2, -0.15) is 0 Å². The normalized spacial score (nSPS) is 17.1. The van der Waals surface area contributed by atoms with Crippen LogP contribution >= 0.6 is 0 Å². The Balaban J connectivity index is 1.51. The molecule has 5 rings (SSSR count).